The molecule has 0 aliphatic heterocycles. The van der Waals surface area contributed by atoms with Gasteiger partial charge in [0.25, 0.3) is 0 Å². The fourth-order valence-corrected chi connectivity index (χ4v) is 0.428. The van der Waals surface area contributed by atoms with Crippen molar-refractivity contribution in [3.8, 4) is 6.07 Å². The Bertz CT molecular complexity index is 89.0. The Kier molecular flexibility index (Phi) is 4.82. The molecule has 0 aromatic rings. The topological polar surface area (TPSA) is 73.5 Å². The van der Waals surface area contributed by atoms with Crippen LogP contribution in [0.2, 0.25) is 0 Å². The predicted molar refractivity (Wildman–Crippen MR) is 27.5 cm³/mol. The maximum atomic E-state index is 8.07. The number of nitrogens with zero attached hydrogens (tertiary/aromatic N) is 1. The Morgan fingerprint density at radius 1 is 1.62 bits per heavy atom. The molecule has 4 nitrogen and oxygen atoms in total. The smallest absolute Gasteiger partial charge is 0.327 e. The van der Waals surface area contributed by atoms with Crippen LogP contribution in [0.4, 0.5) is 0 Å². The van der Waals surface area contributed by atoms with Crippen molar-refractivity contribution in [3.05, 3.63) is 0 Å². The average molecular weight is 135 g/mol. The minimum Gasteiger partial charge on any atom is -0.328 e. The molecule has 0 aliphatic rings. The first kappa shape index (κ1) is 7.80. The molecule has 0 rings (SSSR count). The molecule has 0 saturated carbocycles. The standard InChI is InChI=1S/C3H6NO3P/c4-2-1-3-7-8(5)6/h5-6H,1,3H2. The molecule has 0 radical (unpaired) electrons. The van der Waals surface area contributed by atoms with Gasteiger partial charge in [0.05, 0.1) is 19.1 Å². The molecule has 0 unspecified atom stereocenters. The Labute approximate surface area is 48.3 Å². The van der Waals surface area contributed by atoms with E-state index in [4.69, 9.17) is 15.0 Å². The molecule has 0 aromatic heterocycles. The lowest BCUT2D eigenvalue weighted by Crippen LogP contribution is -1.85. The lowest BCUT2D eigenvalue weighted by molar-refractivity contribution is 0.261. The molecule has 0 bridgehead atoms. The van der Waals surface area contributed by atoms with Gasteiger partial charge in [0.15, 0.2) is 0 Å². The summed E-state index contributed by atoms with van der Waals surface area (Å²) in [6.45, 7) is 0.0925. The summed E-state index contributed by atoms with van der Waals surface area (Å²) in [5.74, 6) is 0. The maximum Gasteiger partial charge on any atom is 0.327 e. The number of nitriles is 1. The highest BCUT2D eigenvalue weighted by atomic mass is 31.2. The monoisotopic (exact) mass is 135 g/mol. The largest absolute Gasteiger partial charge is 0.328 e. The van der Waals surface area contributed by atoms with Crippen molar-refractivity contribution >= 4 is 8.60 Å². The Balaban J connectivity index is 2.85. The molecular weight excluding hydrogens is 129 g/mol. The molecule has 0 atom stereocenters. The number of hydrogen-bond donors (Lipinski definition) is 2. The van der Waals surface area contributed by atoms with E-state index in [1.807, 2.05) is 0 Å². The summed E-state index contributed by atoms with van der Waals surface area (Å²) in [5.41, 5.74) is 0. The van der Waals surface area contributed by atoms with E-state index >= 15 is 0 Å². The molecule has 0 saturated heterocycles. The third-order valence-corrected chi connectivity index (χ3v) is 0.834. The van der Waals surface area contributed by atoms with E-state index in [1.54, 1.807) is 6.07 Å². The van der Waals surface area contributed by atoms with E-state index in [0.717, 1.165) is 0 Å². The highest BCUT2D eigenvalue weighted by Crippen LogP contribution is 2.23. The van der Waals surface area contributed by atoms with Crippen molar-refractivity contribution in [1.29, 1.82) is 5.26 Å². The van der Waals surface area contributed by atoms with Gasteiger partial charge in [0.1, 0.15) is 0 Å². The van der Waals surface area contributed by atoms with Crippen LogP contribution in [0.25, 0.3) is 0 Å². The summed E-state index contributed by atoms with van der Waals surface area (Å²) >= 11 is 0. The molecule has 8 heavy (non-hydrogen) atoms. The lowest BCUT2D eigenvalue weighted by Gasteiger charge is -1.97. The van der Waals surface area contributed by atoms with Crippen molar-refractivity contribution in [2.24, 2.45) is 0 Å². The molecule has 5 heteroatoms. The van der Waals surface area contributed by atoms with Crippen molar-refractivity contribution in [2.75, 3.05) is 6.61 Å². The molecule has 0 amide bonds. The highest BCUT2D eigenvalue weighted by Gasteiger charge is 1.95. The van der Waals surface area contributed by atoms with E-state index in [1.165, 1.54) is 0 Å². The first-order valence-corrected chi connectivity index (χ1v) is 3.11. The van der Waals surface area contributed by atoms with Gasteiger partial charge in [-0.2, -0.15) is 5.26 Å². The van der Waals surface area contributed by atoms with Gasteiger partial charge in [-0.05, 0) is 0 Å². The second-order valence-corrected chi connectivity index (χ2v) is 1.76. The third kappa shape index (κ3) is 5.80. The zero-order chi connectivity index (χ0) is 6.41. The van der Waals surface area contributed by atoms with Gasteiger partial charge in [0.2, 0.25) is 0 Å². The second kappa shape index (κ2) is 4.95. The van der Waals surface area contributed by atoms with Crippen LogP contribution in [0.15, 0.2) is 0 Å². The minimum atomic E-state index is -2.26. The molecule has 0 aliphatic carbocycles. The molecule has 0 spiro atoms. The van der Waals surface area contributed by atoms with Crippen molar-refractivity contribution in [3.63, 3.8) is 0 Å². The van der Waals surface area contributed by atoms with Gasteiger partial charge < -0.3 is 14.3 Å². The summed E-state index contributed by atoms with van der Waals surface area (Å²) in [4.78, 5) is 16.1. The maximum absolute atomic E-state index is 8.07. The van der Waals surface area contributed by atoms with Crippen molar-refractivity contribution in [1.82, 2.24) is 0 Å². The molecule has 2 N–H and O–H groups in total. The highest BCUT2D eigenvalue weighted by molar-refractivity contribution is 7.39. The van der Waals surface area contributed by atoms with E-state index in [0.29, 0.717) is 0 Å². The van der Waals surface area contributed by atoms with E-state index in [2.05, 4.69) is 4.52 Å². The van der Waals surface area contributed by atoms with Gasteiger partial charge in [0, 0.05) is 0 Å². The van der Waals surface area contributed by atoms with Gasteiger partial charge in [-0.15, -0.1) is 0 Å². The van der Waals surface area contributed by atoms with E-state index in [9.17, 15) is 0 Å². The quantitative estimate of drug-likeness (QED) is 0.426. The van der Waals surface area contributed by atoms with Crippen molar-refractivity contribution < 1.29 is 14.3 Å². The average Bonchev–Trinajstić information content (AvgIpc) is 1.66. The van der Waals surface area contributed by atoms with Crippen LogP contribution in [-0.4, -0.2) is 16.4 Å². The SMILES string of the molecule is N#CCCOP(O)O. The van der Waals surface area contributed by atoms with Crippen LogP contribution >= 0.6 is 8.60 Å². The molecule has 46 valence electrons. The zero-order valence-corrected chi connectivity index (χ0v) is 5.01. The summed E-state index contributed by atoms with van der Waals surface area (Å²) in [6, 6.07) is 1.79. The Morgan fingerprint density at radius 2 is 2.25 bits per heavy atom. The third-order valence-electron chi connectivity index (χ3n) is 0.421. The van der Waals surface area contributed by atoms with Crippen LogP contribution in [-0.2, 0) is 4.52 Å². The van der Waals surface area contributed by atoms with E-state index < -0.39 is 8.60 Å². The fraction of sp³-hybridized carbons (Fsp3) is 0.667. The number of rotatable bonds is 3. The van der Waals surface area contributed by atoms with Crippen LogP contribution in [0.3, 0.4) is 0 Å². The van der Waals surface area contributed by atoms with Gasteiger partial charge in [-0.1, -0.05) is 0 Å². The second-order valence-electron chi connectivity index (χ2n) is 0.994. The normalized spacial score (nSPS) is 9.25. The lowest BCUT2D eigenvalue weighted by atomic mass is 10.5. The van der Waals surface area contributed by atoms with E-state index in [-0.39, 0.29) is 13.0 Å². The van der Waals surface area contributed by atoms with Crippen molar-refractivity contribution in [2.45, 2.75) is 6.42 Å². The first-order chi connectivity index (χ1) is 3.77. The summed E-state index contributed by atoms with van der Waals surface area (Å²) in [7, 11) is -2.26. The summed E-state index contributed by atoms with van der Waals surface area (Å²) < 4.78 is 4.24. The summed E-state index contributed by atoms with van der Waals surface area (Å²) in [5, 5.41) is 7.89. The zero-order valence-electron chi connectivity index (χ0n) is 4.11. The van der Waals surface area contributed by atoms with Crippen LogP contribution in [0.5, 0.6) is 0 Å². The first-order valence-electron chi connectivity index (χ1n) is 1.95. The fourth-order valence-electron chi connectivity index (χ4n) is 0.173. The van der Waals surface area contributed by atoms with Crippen LogP contribution < -0.4 is 0 Å². The van der Waals surface area contributed by atoms with Crippen LogP contribution in [0, 0.1) is 11.3 Å². The van der Waals surface area contributed by atoms with Gasteiger partial charge in [-0.3, -0.25) is 0 Å². The number of hydrogen-bond acceptors (Lipinski definition) is 4. The molecule has 0 fully saturated rings. The summed E-state index contributed by atoms with van der Waals surface area (Å²) in [6.07, 6.45) is 0.194. The Hall–Kier alpha value is -0.200. The predicted octanol–water partition coefficient (Wildman–Crippen LogP) is 0.128. The molecule has 0 aromatic carbocycles. The minimum absolute atomic E-state index is 0.0925. The van der Waals surface area contributed by atoms with Crippen LogP contribution in [0.1, 0.15) is 6.42 Å². The van der Waals surface area contributed by atoms with Gasteiger partial charge >= 0.3 is 8.60 Å². The molecule has 0 heterocycles. The molecular formula is C3H6NO3P. The van der Waals surface area contributed by atoms with Gasteiger partial charge in [-0.25, -0.2) is 0 Å². The Morgan fingerprint density at radius 3 is 2.62 bits per heavy atom.